The van der Waals surface area contributed by atoms with Gasteiger partial charge in [0.05, 0.1) is 0 Å². The normalized spacial score (nSPS) is 14.0. The maximum absolute atomic E-state index is 11.8. The standard InChI is InChI=1S/C11H21NO5S/c1-5-6-8(2)12-9(13)7-18(16,17)11(3,4)10(14)15/h8H,5-7H2,1-4H3,(H,12,13)(H,14,15). The minimum absolute atomic E-state index is 0.120. The smallest absolute Gasteiger partial charge is 0.324 e. The highest BCUT2D eigenvalue weighted by molar-refractivity contribution is 7.94. The number of rotatable bonds is 7. The predicted molar refractivity (Wildman–Crippen MR) is 68.0 cm³/mol. The number of hydrogen-bond donors (Lipinski definition) is 2. The quantitative estimate of drug-likeness (QED) is 0.709. The highest BCUT2D eigenvalue weighted by atomic mass is 32.2. The molecule has 2 N–H and O–H groups in total. The maximum Gasteiger partial charge on any atom is 0.324 e. The minimum Gasteiger partial charge on any atom is -0.480 e. The molecule has 0 aliphatic heterocycles. The van der Waals surface area contributed by atoms with Crippen molar-refractivity contribution in [3.63, 3.8) is 0 Å². The van der Waals surface area contributed by atoms with Gasteiger partial charge in [0.15, 0.2) is 14.6 Å². The average Bonchev–Trinajstić information content (AvgIpc) is 2.15. The van der Waals surface area contributed by atoms with Gasteiger partial charge in [-0.1, -0.05) is 13.3 Å². The van der Waals surface area contributed by atoms with Crippen molar-refractivity contribution in [2.45, 2.75) is 51.3 Å². The number of aliphatic carboxylic acids is 1. The van der Waals surface area contributed by atoms with Gasteiger partial charge < -0.3 is 10.4 Å². The fourth-order valence-corrected chi connectivity index (χ4v) is 2.36. The van der Waals surface area contributed by atoms with E-state index in [1.807, 2.05) is 6.92 Å². The molecule has 1 atom stereocenters. The van der Waals surface area contributed by atoms with E-state index in [1.165, 1.54) is 0 Å². The second-order valence-corrected chi connectivity index (χ2v) is 7.37. The molecule has 0 aromatic heterocycles. The molecule has 106 valence electrons. The first kappa shape index (κ1) is 16.9. The van der Waals surface area contributed by atoms with Gasteiger partial charge in [-0.25, -0.2) is 8.42 Å². The van der Waals surface area contributed by atoms with Gasteiger partial charge >= 0.3 is 5.97 Å². The number of carboxylic acid groups (broad SMARTS) is 1. The van der Waals surface area contributed by atoms with Crippen LogP contribution in [0.3, 0.4) is 0 Å². The van der Waals surface area contributed by atoms with Gasteiger partial charge in [0, 0.05) is 6.04 Å². The molecule has 18 heavy (non-hydrogen) atoms. The van der Waals surface area contributed by atoms with Gasteiger partial charge in [0.25, 0.3) is 0 Å². The second kappa shape index (κ2) is 6.17. The van der Waals surface area contributed by atoms with Crippen LogP contribution in [0.1, 0.15) is 40.5 Å². The fourth-order valence-electron chi connectivity index (χ4n) is 1.31. The third-order valence-corrected chi connectivity index (χ3v) is 5.11. The van der Waals surface area contributed by atoms with Crippen molar-refractivity contribution in [3.05, 3.63) is 0 Å². The van der Waals surface area contributed by atoms with Crippen molar-refractivity contribution < 1.29 is 23.1 Å². The summed E-state index contributed by atoms with van der Waals surface area (Å²) in [5, 5.41) is 11.4. The Balaban J connectivity index is 4.70. The summed E-state index contributed by atoms with van der Waals surface area (Å²) >= 11 is 0. The van der Waals surface area contributed by atoms with Crippen LogP contribution in [0, 0.1) is 0 Å². The van der Waals surface area contributed by atoms with E-state index in [0.717, 1.165) is 26.7 Å². The molecule has 0 spiro atoms. The second-order valence-electron chi connectivity index (χ2n) is 4.83. The lowest BCUT2D eigenvalue weighted by Crippen LogP contribution is -2.46. The zero-order valence-electron chi connectivity index (χ0n) is 11.2. The molecular weight excluding hydrogens is 258 g/mol. The van der Waals surface area contributed by atoms with E-state index >= 15 is 0 Å². The Morgan fingerprint density at radius 2 is 1.83 bits per heavy atom. The summed E-state index contributed by atoms with van der Waals surface area (Å²) in [5.74, 6) is -2.93. The molecule has 0 saturated heterocycles. The van der Waals surface area contributed by atoms with E-state index < -0.39 is 32.2 Å². The van der Waals surface area contributed by atoms with E-state index in [-0.39, 0.29) is 6.04 Å². The van der Waals surface area contributed by atoms with Crippen LogP contribution in [-0.2, 0) is 19.4 Å². The maximum atomic E-state index is 11.8. The Hall–Kier alpha value is -1.11. The van der Waals surface area contributed by atoms with Crippen molar-refractivity contribution in [1.82, 2.24) is 5.32 Å². The molecule has 7 heteroatoms. The summed E-state index contributed by atoms with van der Waals surface area (Å²) in [5.41, 5.74) is 0. The van der Waals surface area contributed by atoms with Gasteiger partial charge in [0.1, 0.15) is 5.75 Å². The summed E-state index contributed by atoms with van der Waals surface area (Å²) in [6, 6.07) is -0.120. The molecule has 0 aromatic rings. The molecule has 0 radical (unpaired) electrons. The third kappa shape index (κ3) is 4.29. The van der Waals surface area contributed by atoms with E-state index in [1.54, 1.807) is 6.92 Å². The van der Waals surface area contributed by atoms with Gasteiger partial charge in [-0.05, 0) is 27.2 Å². The Morgan fingerprint density at radius 1 is 1.33 bits per heavy atom. The van der Waals surface area contributed by atoms with Crippen molar-refractivity contribution >= 4 is 21.7 Å². The summed E-state index contributed by atoms with van der Waals surface area (Å²) in [6.07, 6.45) is 1.61. The van der Waals surface area contributed by atoms with Crippen LogP contribution in [0.2, 0.25) is 0 Å². The van der Waals surface area contributed by atoms with Crippen molar-refractivity contribution in [3.8, 4) is 0 Å². The molecule has 0 aliphatic rings. The number of carbonyl (C=O) groups excluding carboxylic acids is 1. The minimum atomic E-state index is -4.03. The van der Waals surface area contributed by atoms with Crippen molar-refractivity contribution in [2.75, 3.05) is 5.75 Å². The van der Waals surface area contributed by atoms with Crippen LogP contribution >= 0.6 is 0 Å². The molecule has 1 unspecified atom stereocenters. The summed E-state index contributed by atoms with van der Waals surface area (Å²) in [4.78, 5) is 22.4. The third-order valence-electron chi connectivity index (χ3n) is 2.74. The summed E-state index contributed by atoms with van der Waals surface area (Å²) in [7, 11) is -4.03. The number of hydrogen-bond acceptors (Lipinski definition) is 4. The number of carbonyl (C=O) groups is 2. The highest BCUT2D eigenvalue weighted by Crippen LogP contribution is 2.17. The first-order valence-corrected chi connectivity index (χ1v) is 7.45. The fraction of sp³-hybridized carbons (Fsp3) is 0.818. The Morgan fingerprint density at radius 3 is 2.22 bits per heavy atom. The van der Waals surface area contributed by atoms with E-state index in [9.17, 15) is 18.0 Å². The van der Waals surface area contributed by atoms with Gasteiger partial charge in [0.2, 0.25) is 5.91 Å². The monoisotopic (exact) mass is 279 g/mol. The molecule has 0 saturated carbocycles. The van der Waals surface area contributed by atoms with E-state index in [4.69, 9.17) is 5.11 Å². The largest absolute Gasteiger partial charge is 0.480 e. The molecule has 0 bridgehead atoms. The zero-order chi connectivity index (χ0) is 14.6. The van der Waals surface area contributed by atoms with Gasteiger partial charge in [-0.2, -0.15) is 0 Å². The van der Waals surface area contributed by atoms with E-state index in [0.29, 0.717) is 0 Å². The Labute approximate surface area is 108 Å². The molecule has 0 aromatic carbocycles. The van der Waals surface area contributed by atoms with Crippen LogP contribution in [0.5, 0.6) is 0 Å². The predicted octanol–water partition coefficient (Wildman–Crippen LogP) is 0.569. The number of sulfone groups is 1. The molecule has 6 nitrogen and oxygen atoms in total. The molecule has 0 rings (SSSR count). The lowest BCUT2D eigenvalue weighted by molar-refractivity contribution is -0.139. The lowest BCUT2D eigenvalue weighted by Gasteiger charge is -2.20. The van der Waals surface area contributed by atoms with E-state index in [2.05, 4.69) is 5.32 Å². The van der Waals surface area contributed by atoms with Crippen LogP contribution < -0.4 is 5.32 Å². The Kier molecular flexibility index (Phi) is 5.79. The molecule has 0 aliphatic carbocycles. The molecule has 0 fully saturated rings. The number of nitrogens with one attached hydrogen (secondary N) is 1. The molecular formula is C11H21NO5S. The average molecular weight is 279 g/mol. The van der Waals surface area contributed by atoms with Crippen LogP contribution in [0.15, 0.2) is 0 Å². The SMILES string of the molecule is CCCC(C)NC(=O)CS(=O)(=O)C(C)(C)C(=O)O. The Bertz CT molecular complexity index is 413. The first-order valence-electron chi connectivity index (χ1n) is 5.79. The van der Waals surface area contributed by atoms with Crippen molar-refractivity contribution in [1.29, 1.82) is 0 Å². The summed E-state index contributed by atoms with van der Waals surface area (Å²) < 4.78 is 21.6. The number of amides is 1. The van der Waals surface area contributed by atoms with Crippen LogP contribution in [0.4, 0.5) is 0 Å². The molecule has 1 amide bonds. The highest BCUT2D eigenvalue weighted by Gasteiger charge is 2.42. The zero-order valence-corrected chi connectivity index (χ0v) is 12.0. The van der Waals surface area contributed by atoms with Crippen LogP contribution in [0.25, 0.3) is 0 Å². The first-order chi connectivity index (χ1) is 8.04. The molecule has 0 heterocycles. The van der Waals surface area contributed by atoms with Gasteiger partial charge in [-0.3, -0.25) is 9.59 Å². The lowest BCUT2D eigenvalue weighted by atomic mass is 10.2. The number of carboxylic acids is 1. The summed E-state index contributed by atoms with van der Waals surface area (Å²) in [6.45, 7) is 5.88. The van der Waals surface area contributed by atoms with Gasteiger partial charge in [-0.15, -0.1) is 0 Å². The van der Waals surface area contributed by atoms with Crippen LogP contribution in [-0.4, -0.2) is 41.9 Å². The van der Waals surface area contributed by atoms with Crippen molar-refractivity contribution in [2.24, 2.45) is 0 Å². The topological polar surface area (TPSA) is 101 Å².